The molecule has 0 unspecified atom stereocenters. The van der Waals surface area contributed by atoms with Crippen LogP contribution in [0.1, 0.15) is 11.3 Å². The van der Waals surface area contributed by atoms with Gasteiger partial charge < -0.3 is 18.6 Å². The molecule has 1 saturated heterocycles. The number of anilines is 1. The Morgan fingerprint density at radius 3 is 2.69 bits per heavy atom. The van der Waals surface area contributed by atoms with Gasteiger partial charge in [-0.05, 0) is 24.3 Å². The molecule has 2 aromatic heterocycles. The van der Waals surface area contributed by atoms with Crippen molar-refractivity contribution >= 4 is 23.4 Å². The molecule has 1 amide bonds. The van der Waals surface area contributed by atoms with Crippen molar-refractivity contribution in [3.63, 3.8) is 0 Å². The van der Waals surface area contributed by atoms with Crippen LogP contribution in [0, 0.1) is 17.1 Å². The number of carbonyl (C=O) groups is 1. The van der Waals surface area contributed by atoms with Crippen molar-refractivity contribution in [1.29, 1.82) is 5.26 Å². The summed E-state index contributed by atoms with van der Waals surface area (Å²) in [5.74, 6) is 0.321. The fourth-order valence-electron chi connectivity index (χ4n) is 3.23. The number of aromatic nitrogens is 1. The molecule has 1 fully saturated rings. The summed E-state index contributed by atoms with van der Waals surface area (Å²) >= 11 is 6.02. The van der Waals surface area contributed by atoms with Gasteiger partial charge in [0.05, 0.1) is 12.7 Å². The summed E-state index contributed by atoms with van der Waals surface area (Å²) in [6, 6.07) is 9.79. The summed E-state index contributed by atoms with van der Waals surface area (Å²) in [6.07, 6.45) is 1.40. The van der Waals surface area contributed by atoms with E-state index in [1.807, 2.05) is 11.0 Å². The average Bonchev–Trinajstić information content (AvgIpc) is 3.40. The molecule has 1 aliphatic heterocycles. The number of oxazole rings is 1. The van der Waals surface area contributed by atoms with Crippen LogP contribution in [0.3, 0.4) is 0 Å². The van der Waals surface area contributed by atoms with Gasteiger partial charge in [0.1, 0.15) is 11.9 Å². The van der Waals surface area contributed by atoms with E-state index in [0.717, 1.165) is 0 Å². The maximum Gasteiger partial charge on any atom is 0.266 e. The molecule has 3 heterocycles. The maximum atomic E-state index is 13.9. The predicted octanol–water partition coefficient (Wildman–Crippen LogP) is 3.49. The van der Waals surface area contributed by atoms with Crippen LogP contribution in [0.2, 0.25) is 5.02 Å². The maximum absolute atomic E-state index is 13.9. The van der Waals surface area contributed by atoms with E-state index in [9.17, 15) is 14.4 Å². The Morgan fingerprint density at radius 2 is 2.03 bits per heavy atom. The number of nitriles is 1. The van der Waals surface area contributed by atoms with E-state index in [-0.39, 0.29) is 34.5 Å². The summed E-state index contributed by atoms with van der Waals surface area (Å²) in [6.45, 7) is 1.73. The van der Waals surface area contributed by atoms with Crippen LogP contribution in [0.25, 0.3) is 11.7 Å². The molecule has 0 aliphatic carbocycles. The van der Waals surface area contributed by atoms with E-state index in [2.05, 4.69) is 4.98 Å². The van der Waals surface area contributed by atoms with E-state index < -0.39 is 5.82 Å². The number of benzene rings is 1. The number of amides is 1. The fourth-order valence-corrected chi connectivity index (χ4v) is 3.46. The highest BCUT2D eigenvalue weighted by atomic mass is 35.5. The summed E-state index contributed by atoms with van der Waals surface area (Å²) in [7, 11) is 0. The molecule has 0 saturated carbocycles. The third-order valence-electron chi connectivity index (χ3n) is 4.76. The van der Waals surface area contributed by atoms with Crippen LogP contribution in [0.5, 0.6) is 0 Å². The number of rotatable bonds is 4. The van der Waals surface area contributed by atoms with Crippen LogP contribution in [-0.2, 0) is 11.2 Å². The quantitative estimate of drug-likeness (QED) is 0.649. The lowest BCUT2D eigenvalue weighted by Gasteiger charge is -2.34. The zero-order chi connectivity index (χ0) is 20.4. The number of carbonyl (C=O) groups excluding carboxylic acids is 1. The summed E-state index contributed by atoms with van der Waals surface area (Å²) < 4.78 is 24.9. The number of hydrogen-bond donors (Lipinski definition) is 0. The lowest BCUT2D eigenvalue weighted by atomic mass is 10.1. The van der Waals surface area contributed by atoms with E-state index in [0.29, 0.717) is 37.8 Å². The normalized spacial score (nSPS) is 14.1. The molecule has 0 spiro atoms. The van der Waals surface area contributed by atoms with Gasteiger partial charge in [0.15, 0.2) is 5.76 Å². The standard InChI is InChI=1S/C20H16ClFN4O3/c21-14-3-1-4-15(22)13(14)11-18(27)25-6-8-26(9-7-25)20-16(12-23)24-19(29-20)17-5-2-10-28-17/h1-5,10H,6-9,11H2. The monoisotopic (exact) mass is 414 g/mol. The second-order valence-electron chi connectivity index (χ2n) is 6.51. The van der Waals surface area contributed by atoms with Gasteiger partial charge >= 0.3 is 0 Å². The van der Waals surface area contributed by atoms with Crippen molar-refractivity contribution in [3.05, 3.63) is 58.7 Å². The highest BCUT2D eigenvalue weighted by Crippen LogP contribution is 2.29. The van der Waals surface area contributed by atoms with Crippen molar-refractivity contribution in [3.8, 4) is 17.7 Å². The predicted molar refractivity (Wildman–Crippen MR) is 103 cm³/mol. The molecule has 1 aromatic carbocycles. The van der Waals surface area contributed by atoms with Crippen molar-refractivity contribution in [2.45, 2.75) is 6.42 Å². The van der Waals surface area contributed by atoms with E-state index in [4.69, 9.17) is 20.4 Å². The van der Waals surface area contributed by atoms with Gasteiger partial charge in [-0.25, -0.2) is 4.39 Å². The molecule has 7 nitrogen and oxygen atoms in total. The van der Waals surface area contributed by atoms with Crippen molar-refractivity contribution in [1.82, 2.24) is 9.88 Å². The van der Waals surface area contributed by atoms with Crippen molar-refractivity contribution < 1.29 is 18.0 Å². The minimum Gasteiger partial charge on any atom is -0.459 e. The molecular formula is C20H16ClFN4O3. The van der Waals surface area contributed by atoms with Crippen LogP contribution in [0.4, 0.5) is 10.3 Å². The molecule has 0 N–H and O–H groups in total. The first-order chi connectivity index (χ1) is 14.1. The Balaban J connectivity index is 1.43. The largest absolute Gasteiger partial charge is 0.459 e. The number of furan rings is 1. The zero-order valence-corrected chi connectivity index (χ0v) is 16.0. The van der Waals surface area contributed by atoms with Gasteiger partial charge in [0.25, 0.3) is 5.89 Å². The van der Waals surface area contributed by atoms with Gasteiger partial charge in [-0.3, -0.25) is 4.79 Å². The highest BCUT2D eigenvalue weighted by molar-refractivity contribution is 6.31. The number of nitrogens with zero attached hydrogens (tertiary/aromatic N) is 4. The number of piperazine rings is 1. The van der Waals surface area contributed by atoms with Gasteiger partial charge in [0, 0.05) is 36.8 Å². The zero-order valence-electron chi connectivity index (χ0n) is 15.3. The molecular weight excluding hydrogens is 399 g/mol. The summed E-state index contributed by atoms with van der Waals surface area (Å²) in [5, 5.41) is 9.61. The second-order valence-corrected chi connectivity index (χ2v) is 6.91. The average molecular weight is 415 g/mol. The van der Waals surface area contributed by atoms with Crippen LogP contribution in [-0.4, -0.2) is 42.0 Å². The lowest BCUT2D eigenvalue weighted by molar-refractivity contribution is -0.130. The molecule has 9 heteroatoms. The van der Waals surface area contributed by atoms with Crippen LogP contribution < -0.4 is 4.90 Å². The van der Waals surface area contributed by atoms with Gasteiger partial charge in [-0.2, -0.15) is 10.2 Å². The second kappa shape index (κ2) is 7.97. The smallest absolute Gasteiger partial charge is 0.266 e. The number of halogens is 2. The van der Waals surface area contributed by atoms with Gasteiger partial charge in [-0.15, -0.1) is 0 Å². The van der Waals surface area contributed by atoms with Crippen molar-refractivity contribution in [2.75, 3.05) is 31.1 Å². The molecule has 0 bridgehead atoms. The highest BCUT2D eigenvalue weighted by Gasteiger charge is 2.27. The molecule has 29 heavy (non-hydrogen) atoms. The summed E-state index contributed by atoms with van der Waals surface area (Å²) in [4.78, 5) is 20.3. The Bertz CT molecular complexity index is 1050. The molecule has 148 valence electrons. The Labute approximate surface area is 170 Å². The third-order valence-corrected chi connectivity index (χ3v) is 5.11. The lowest BCUT2D eigenvalue weighted by Crippen LogP contribution is -2.49. The van der Waals surface area contributed by atoms with Crippen LogP contribution in [0.15, 0.2) is 45.4 Å². The molecule has 4 rings (SSSR count). The minimum absolute atomic E-state index is 0.0973. The van der Waals surface area contributed by atoms with E-state index in [1.165, 1.54) is 18.4 Å². The number of hydrogen-bond acceptors (Lipinski definition) is 6. The first kappa shape index (κ1) is 19.0. The molecule has 0 radical (unpaired) electrons. The van der Waals surface area contributed by atoms with Crippen LogP contribution >= 0.6 is 11.6 Å². The Hall–Kier alpha value is -3.31. The Kier molecular flexibility index (Phi) is 5.23. The molecule has 0 atom stereocenters. The SMILES string of the molecule is N#Cc1nc(-c2ccco2)oc1N1CCN(C(=O)Cc2c(F)cccc2Cl)CC1. The summed E-state index contributed by atoms with van der Waals surface area (Å²) in [5.41, 5.74) is 0.362. The van der Waals surface area contributed by atoms with Gasteiger partial charge in [0.2, 0.25) is 17.5 Å². The first-order valence-electron chi connectivity index (χ1n) is 8.97. The fraction of sp³-hybridized carbons (Fsp3) is 0.250. The topological polar surface area (TPSA) is 86.5 Å². The Morgan fingerprint density at radius 1 is 1.24 bits per heavy atom. The van der Waals surface area contributed by atoms with Crippen molar-refractivity contribution in [2.24, 2.45) is 0 Å². The molecule has 3 aromatic rings. The first-order valence-corrected chi connectivity index (χ1v) is 9.35. The third kappa shape index (κ3) is 3.82. The van der Waals surface area contributed by atoms with E-state index in [1.54, 1.807) is 23.1 Å². The van der Waals surface area contributed by atoms with Gasteiger partial charge in [-0.1, -0.05) is 17.7 Å². The molecule has 1 aliphatic rings. The van der Waals surface area contributed by atoms with E-state index >= 15 is 0 Å². The minimum atomic E-state index is -0.490.